The SMILES string of the molecule is COc1ccc(C)cc1NC(=O)Cn1c(=O)n(-c2ccccc2)c(=O)c2sc(SC)nc21. The standard InChI is InChI=1S/C22H20N4O4S2/c1-13-9-10-16(30-2)15(11-13)23-17(27)12-25-19-18(32-21(24-19)31-3)20(28)26(22(25)29)14-7-5-4-6-8-14/h4-11H,12H2,1-3H3,(H,23,27). The lowest BCUT2D eigenvalue weighted by atomic mass is 10.2. The van der Waals surface area contributed by atoms with E-state index in [0.29, 0.717) is 26.2 Å². The molecule has 0 aliphatic rings. The number of carbonyl (C=O) groups is 1. The Morgan fingerprint density at radius 2 is 1.94 bits per heavy atom. The highest BCUT2D eigenvalue weighted by molar-refractivity contribution is 8.00. The van der Waals surface area contributed by atoms with Crippen LogP contribution >= 0.6 is 23.1 Å². The predicted octanol–water partition coefficient (Wildman–Crippen LogP) is 3.29. The van der Waals surface area contributed by atoms with Gasteiger partial charge in [0.15, 0.2) is 9.99 Å². The normalized spacial score (nSPS) is 11.0. The molecule has 0 aliphatic heterocycles. The first kappa shape index (κ1) is 21.8. The number of rotatable bonds is 6. The van der Waals surface area contributed by atoms with Crippen LogP contribution in [0.5, 0.6) is 5.75 Å². The number of hydrogen-bond donors (Lipinski definition) is 1. The van der Waals surface area contributed by atoms with Gasteiger partial charge in [-0.15, -0.1) is 11.3 Å². The Bertz CT molecular complexity index is 1420. The highest BCUT2D eigenvalue weighted by Gasteiger charge is 2.21. The fraction of sp³-hybridized carbons (Fsp3) is 0.182. The average molecular weight is 469 g/mol. The Hall–Kier alpha value is -3.37. The summed E-state index contributed by atoms with van der Waals surface area (Å²) >= 11 is 2.58. The zero-order chi connectivity index (χ0) is 22.8. The van der Waals surface area contributed by atoms with E-state index in [2.05, 4.69) is 10.3 Å². The van der Waals surface area contributed by atoms with Gasteiger partial charge in [0, 0.05) is 0 Å². The molecule has 2 aromatic carbocycles. The van der Waals surface area contributed by atoms with Gasteiger partial charge in [-0.2, -0.15) is 0 Å². The zero-order valence-electron chi connectivity index (χ0n) is 17.6. The van der Waals surface area contributed by atoms with Crippen molar-refractivity contribution in [3.63, 3.8) is 0 Å². The smallest absolute Gasteiger partial charge is 0.337 e. The van der Waals surface area contributed by atoms with E-state index in [1.807, 2.05) is 19.2 Å². The summed E-state index contributed by atoms with van der Waals surface area (Å²) in [6.07, 6.45) is 1.84. The van der Waals surface area contributed by atoms with Crippen LogP contribution in [0.25, 0.3) is 16.0 Å². The molecule has 0 atom stereocenters. The summed E-state index contributed by atoms with van der Waals surface area (Å²) in [5.41, 5.74) is 0.999. The van der Waals surface area contributed by atoms with E-state index < -0.39 is 17.2 Å². The first-order chi connectivity index (χ1) is 15.4. The third-order valence-electron chi connectivity index (χ3n) is 4.78. The predicted molar refractivity (Wildman–Crippen MR) is 128 cm³/mol. The minimum Gasteiger partial charge on any atom is -0.495 e. The van der Waals surface area contributed by atoms with E-state index in [9.17, 15) is 14.4 Å². The van der Waals surface area contributed by atoms with E-state index in [4.69, 9.17) is 4.74 Å². The second-order valence-electron chi connectivity index (χ2n) is 6.93. The summed E-state index contributed by atoms with van der Waals surface area (Å²) in [7, 11) is 1.52. The van der Waals surface area contributed by atoms with Gasteiger partial charge in [0.1, 0.15) is 17.0 Å². The van der Waals surface area contributed by atoms with Crippen LogP contribution in [-0.4, -0.2) is 33.4 Å². The second kappa shape index (κ2) is 9.01. The van der Waals surface area contributed by atoms with Crippen LogP contribution < -0.4 is 21.3 Å². The number of aromatic nitrogens is 3. The number of methoxy groups -OCH3 is 1. The van der Waals surface area contributed by atoms with Gasteiger partial charge in [-0.3, -0.25) is 14.2 Å². The fourth-order valence-electron chi connectivity index (χ4n) is 3.30. The summed E-state index contributed by atoms with van der Waals surface area (Å²) in [6, 6.07) is 14.0. The maximum atomic E-state index is 13.3. The van der Waals surface area contributed by atoms with Gasteiger partial charge in [0.05, 0.1) is 18.5 Å². The van der Waals surface area contributed by atoms with Gasteiger partial charge in [-0.1, -0.05) is 36.0 Å². The largest absolute Gasteiger partial charge is 0.495 e. The molecule has 0 saturated carbocycles. The summed E-state index contributed by atoms with van der Waals surface area (Å²) < 4.78 is 8.58. The van der Waals surface area contributed by atoms with Crippen molar-refractivity contribution in [3.8, 4) is 11.4 Å². The average Bonchev–Trinajstić information content (AvgIpc) is 3.22. The highest BCUT2D eigenvalue weighted by Crippen LogP contribution is 2.27. The van der Waals surface area contributed by atoms with Crippen molar-refractivity contribution < 1.29 is 9.53 Å². The first-order valence-electron chi connectivity index (χ1n) is 9.63. The zero-order valence-corrected chi connectivity index (χ0v) is 19.3. The first-order valence-corrected chi connectivity index (χ1v) is 11.7. The summed E-state index contributed by atoms with van der Waals surface area (Å²) in [5, 5.41) is 2.80. The summed E-state index contributed by atoms with van der Waals surface area (Å²) in [5.74, 6) is 0.0725. The van der Waals surface area contributed by atoms with Crippen molar-refractivity contribution in [2.45, 2.75) is 17.8 Å². The lowest BCUT2D eigenvalue weighted by molar-refractivity contribution is -0.116. The molecule has 1 amide bonds. The van der Waals surface area contributed by atoms with Gasteiger partial charge >= 0.3 is 5.69 Å². The molecule has 0 aliphatic carbocycles. The number of fused-ring (bicyclic) bond motifs is 1. The van der Waals surface area contributed by atoms with Crippen molar-refractivity contribution in [2.24, 2.45) is 0 Å². The quantitative estimate of drug-likeness (QED) is 0.437. The Morgan fingerprint density at radius 1 is 1.19 bits per heavy atom. The molecule has 4 aromatic rings. The van der Waals surface area contributed by atoms with Crippen molar-refractivity contribution in [1.82, 2.24) is 14.1 Å². The number of nitrogens with zero attached hydrogens (tertiary/aromatic N) is 3. The number of carbonyl (C=O) groups excluding carboxylic acids is 1. The summed E-state index contributed by atoms with van der Waals surface area (Å²) in [4.78, 5) is 43.8. The molecule has 0 saturated heterocycles. The molecule has 32 heavy (non-hydrogen) atoms. The topological polar surface area (TPSA) is 95.2 Å². The fourth-order valence-corrected chi connectivity index (χ4v) is 4.80. The number of ether oxygens (including phenoxy) is 1. The minimum atomic E-state index is -0.627. The Balaban J connectivity index is 1.82. The van der Waals surface area contributed by atoms with Crippen molar-refractivity contribution in [3.05, 3.63) is 74.9 Å². The third-order valence-corrected chi connectivity index (χ3v) is 6.80. The van der Waals surface area contributed by atoms with E-state index in [1.54, 1.807) is 42.5 Å². The number of anilines is 1. The van der Waals surface area contributed by atoms with Gasteiger partial charge in [0.2, 0.25) is 5.91 Å². The monoisotopic (exact) mass is 468 g/mol. The molecule has 0 spiro atoms. The van der Waals surface area contributed by atoms with Crippen LogP contribution in [0.4, 0.5) is 5.69 Å². The lowest BCUT2D eigenvalue weighted by Gasteiger charge is -2.13. The van der Waals surface area contributed by atoms with Crippen LogP contribution in [0.1, 0.15) is 5.56 Å². The Labute approximate surface area is 191 Å². The number of aryl methyl sites for hydroxylation is 1. The van der Waals surface area contributed by atoms with E-state index in [1.165, 1.54) is 34.8 Å². The number of amides is 1. The maximum absolute atomic E-state index is 13.3. The van der Waals surface area contributed by atoms with Crippen LogP contribution in [0, 0.1) is 6.92 Å². The molecular weight excluding hydrogens is 448 g/mol. The van der Waals surface area contributed by atoms with Crippen LogP contribution in [0.2, 0.25) is 0 Å². The number of nitrogens with one attached hydrogen (secondary N) is 1. The van der Waals surface area contributed by atoms with Crippen LogP contribution in [-0.2, 0) is 11.3 Å². The van der Waals surface area contributed by atoms with Gasteiger partial charge in [-0.25, -0.2) is 14.3 Å². The molecule has 0 bridgehead atoms. The molecule has 2 heterocycles. The third kappa shape index (κ3) is 4.06. The number of thiazole rings is 1. The molecule has 2 aromatic heterocycles. The van der Waals surface area contributed by atoms with Gasteiger partial charge in [-0.05, 0) is 43.0 Å². The molecule has 0 unspecified atom stereocenters. The summed E-state index contributed by atoms with van der Waals surface area (Å²) in [6.45, 7) is 1.59. The molecule has 1 N–H and O–H groups in total. The number of benzene rings is 2. The Morgan fingerprint density at radius 3 is 2.62 bits per heavy atom. The van der Waals surface area contributed by atoms with E-state index >= 15 is 0 Å². The van der Waals surface area contributed by atoms with Crippen LogP contribution in [0.15, 0.2) is 62.5 Å². The van der Waals surface area contributed by atoms with Crippen LogP contribution in [0.3, 0.4) is 0 Å². The van der Waals surface area contributed by atoms with Crippen molar-refractivity contribution >= 4 is 45.0 Å². The second-order valence-corrected chi connectivity index (χ2v) is 8.99. The molecule has 164 valence electrons. The highest BCUT2D eigenvalue weighted by atomic mass is 32.2. The molecule has 8 nitrogen and oxygen atoms in total. The number of hydrogen-bond acceptors (Lipinski definition) is 7. The number of para-hydroxylation sites is 1. The minimum absolute atomic E-state index is 0.202. The molecule has 4 rings (SSSR count). The van der Waals surface area contributed by atoms with Gasteiger partial charge < -0.3 is 10.1 Å². The molecule has 10 heteroatoms. The molecule has 0 fully saturated rings. The maximum Gasteiger partial charge on any atom is 0.337 e. The van der Waals surface area contributed by atoms with E-state index in [-0.39, 0.29) is 12.2 Å². The number of thioether (sulfide) groups is 1. The van der Waals surface area contributed by atoms with Crippen molar-refractivity contribution in [2.75, 3.05) is 18.7 Å². The van der Waals surface area contributed by atoms with E-state index in [0.717, 1.165) is 10.1 Å². The van der Waals surface area contributed by atoms with Gasteiger partial charge in [0.25, 0.3) is 5.56 Å². The molecular formula is C22H20N4O4S2. The molecule has 0 radical (unpaired) electrons. The van der Waals surface area contributed by atoms with Crippen molar-refractivity contribution in [1.29, 1.82) is 0 Å². The Kier molecular flexibility index (Phi) is 6.15. The lowest BCUT2D eigenvalue weighted by Crippen LogP contribution is -2.40.